The van der Waals surface area contributed by atoms with Crippen LogP contribution in [0.4, 0.5) is 5.69 Å². The van der Waals surface area contributed by atoms with Crippen LogP contribution in [-0.4, -0.2) is 54.7 Å². The van der Waals surface area contributed by atoms with E-state index < -0.39 is 19.7 Å². The monoisotopic (exact) mass is 417 g/mol. The highest BCUT2D eigenvalue weighted by Gasteiger charge is 2.36. The minimum Gasteiger partial charge on any atom is -0.493 e. The van der Waals surface area contributed by atoms with E-state index in [2.05, 4.69) is 0 Å². The normalized spacial score (nSPS) is 11.3. The van der Waals surface area contributed by atoms with Gasteiger partial charge in [-0.2, -0.15) is 0 Å². The van der Waals surface area contributed by atoms with Crippen molar-refractivity contribution in [3.8, 4) is 11.5 Å². The van der Waals surface area contributed by atoms with E-state index in [1.165, 1.54) is 26.2 Å². The standard InChI is InChI=1S/C17H27NO9Si/c1-13(19)27-17-10-14(15(18(20)21)11-16(17)22-2)12-26-8-6-7-9-28(23-3,24-4)25-5/h10-11H,6-9,12H2,1-5H3. The minimum atomic E-state index is -2.61. The first-order valence-electron chi connectivity index (χ1n) is 8.59. The van der Waals surface area contributed by atoms with Crippen molar-refractivity contribution in [3.63, 3.8) is 0 Å². The summed E-state index contributed by atoms with van der Waals surface area (Å²) < 4.78 is 31.7. The fraction of sp³-hybridized carbons (Fsp3) is 0.588. The molecule has 10 nitrogen and oxygen atoms in total. The van der Waals surface area contributed by atoms with Crippen molar-refractivity contribution in [2.75, 3.05) is 35.0 Å². The molecule has 1 aromatic rings. The van der Waals surface area contributed by atoms with E-state index in [1.807, 2.05) is 0 Å². The predicted molar refractivity (Wildman–Crippen MR) is 101 cm³/mol. The van der Waals surface area contributed by atoms with E-state index in [4.69, 9.17) is 27.5 Å². The lowest BCUT2D eigenvalue weighted by Gasteiger charge is -2.24. The maximum atomic E-state index is 11.3. The molecule has 0 aliphatic rings. The van der Waals surface area contributed by atoms with Crippen LogP contribution < -0.4 is 9.47 Å². The van der Waals surface area contributed by atoms with Gasteiger partial charge in [0.15, 0.2) is 11.5 Å². The van der Waals surface area contributed by atoms with Gasteiger partial charge in [-0.05, 0) is 18.9 Å². The first-order valence-corrected chi connectivity index (χ1v) is 10.5. The van der Waals surface area contributed by atoms with Crippen LogP contribution >= 0.6 is 0 Å². The zero-order chi connectivity index (χ0) is 21.2. The molecule has 1 aromatic carbocycles. The number of esters is 1. The Balaban J connectivity index is 2.70. The van der Waals surface area contributed by atoms with E-state index in [-0.39, 0.29) is 29.4 Å². The summed E-state index contributed by atoms with van der Waals surface area (Å²) in [7, 11) is 3.40. The average Bonchev–Trinajstić information content (AvgIpc) is 2.67. The van der Waals surface area contributed by atoms with Crippen LogP contribution in [0.1, 0.15) is 25.3 Å². The summed E-state index contributed by atoms with van der Waals surface area (Å²) in [5.41, 5.74) is 0.119. The van der Waals surface area contributed by atoms with Crippen molar-refractivity contribution < 1.29 is 37.2 Å². The second-order valence-corrected chi connectivity index (χ2v) is 8.88. The molecular weight excluding hydrogens is 390 g/mol. The Morgan fingerprint density at radius 3 is 2.21 bits per heavy atom. The second-order valence-electron chi connectivity index (χ2n) is 5.79. The van der Waals surface area contributed by atoms with Gasteiger partial charge in [-0.25, -0.2) is 0 Å². The van der Waals surface area contributed by atoms with E-state index in [0.717, 1.165) is 6.42 Å². The number of hydrogen-bond acceptors (Lipinski definition) is 9. The Bertz CT molecular complexity index is 656. The maximum absolute atomic E-state index is 11.3. The molecule has 0 spiro atoms. The number of carbonyl (C=O) groups is 1. The molecule has 1 rings (SSSR count). The van der Waals surface area contributed by atoms with Crippen LogP contribution in [0.15, 0.2) is 12.1 Å². The first kappa shape index (κ1) is 24.0. The first-order chi connectivity index (χ1) is 13.3. The van der Waals surface area contributed by atoms with Gasteiger partial charge in [-0.15, -0.1) is 0 Å². The smallest absolute Gasteiger partial charge is 0.493 e. The number of hydrogen-bond donors (Lipinski definition) is 0. The summed E-state index contributed by atoms with van der Waals surface area (Å²) in [6, 6.07) is 3.24. The second kappa shape index (κ2) is 11.7. The molecule has 0 fully saturated rings. The van der Waals surface area contributed by atoms with E-state index in [0.29, 0.717) is 19.1 Å². The number of nitro benzene ring substituents is 1. The van der Waals surface area contributed by atoms with Crippen LogP contribution in [0.3, 0.4) is 0 Å². The Hall–Kier alpha value is -2.05. The molecule has 158 valence electrons. The molecule has 0 N–H and O–H groups in total. The van der Waals surface area contributed by atoms with Gasteiger partial charge in [0.05, 0.1) is 30.3 Å². The number of nitrogens with zero attached hydrogens (tertiary/aromatic N) is 1. The topological polar surface area (TPSA) is 116 Å². The molecule has 0 unspecified atom stereocenters. The van der Waals surface area contributed by atoms with Gasteiger partial charge in [0.1, 0.15) is 0 Å². The minimum absolute atomic E-state index is 0.00399. The molecule has 0 amide bonds. The number of unbranched alkanes of at least 4 members (excludes halogenated alkanes) is 1. The third-order valence-electron chi connectivity index (χ3n) is 4.03. The maximum Gasteiger partial charge on any atom is 0.500 e. The SMILES string of the molecule is COc1cc([N+](=O)[O-])c(COCCCC[Si](OC)(OC)OC)cc1OC(C)=O. The number of methoxy groups -OCH3 is 1. The highest BCUT2D eigenvalue weighted by molar-refractivity contribution is 6.60. The molecule has 0 radical (unpaired) electrons. The molecule has 11 heteroatoms. The third kappa shape index (κ3) is 6.84. The van der Waals surface area contributed by atoms with Crippen LogP contribution in [0, 0.1) is 10.1 Å². The molecule has 0 bridgehead atoms. The van der Waals surface area contributed by atoms with Gasteiger partial charge in [-0.3, -0.25) is 14.9 Å². The largest absolute Gasteiger partial charge is 0.500 e. The number of ether oxygens (including phenoxy) is 3. The zero-order valence-electron chi connectivity index (χ0n) is 16.8. The third-order valence-corrected chi connectivity index (χ3v) is 6.86. The van der Waals surface area contributed by atoms with E-state index in [9.17, 15) is 14.9 Å². The summed E-state index contributed by atoms with van der Waals surface area (Å²) >= 11 is 0. The quantitative estimate of drug-likeness (QED) is 0.119. The number of nitro groups is 1. The van der Waals surface area contributed by atoms with Gasteiger partial charge < -0.3 is 27.5 Å². The molecular formula is C17H27NO9Si. The highest BCUT2D eigenvalue weighted by atomic mass is 28.4. The lowest BCUT2D eigenvalue weighted by molar-refractivity contribution is -0.386. The van der Waals surface area contributed by atoms with Crippen LogP contribution in [0.5, 0.6) is 11.5 Å². The summed E-state index contributed by atoms with van der Waals surface area (Å²) in [5, 5.41) is 11.3. The molecule has 0 saturated heterocycles. The van der Waals surface area contributed by atoms with Crippen molar-refractivity contribution in [2.24, 2.45) is 0 Å². The van der Waals surface area contributed by atoms with Crippen molar-refractivity contribution in [1.82, 2.24) is 0 Å². The van der Waals surface area contributed by atoms with Gasteiger partial charge in [0.2, 0.25) is 0 Å². The van der Waals surface area contributed by atoms with Gasteiger partial charge in [0, 0.05) is 40.9 Å². The molecule has 0 saturated carbocycles. The van der Waals surface area contributed by atoms with Gasteiger partial charge >= 0.3 is 14.8 Å². The molecule has 0 aliphatic heterocycles. The number of rotatable bonds is 13. The van der Waals surface area contributed by atoms with E-state index in [1.54, 1.807) is 21.3 Å². The fourth-order valence-electron chi connectivity index (χ4n) is 2.55. The summed E-state index contributed by atoms with van der Waals surface area (Å²) in [4.78, 5) is 22.0. The summed E-state index contributed by atoms with van der Waals surface area (Å²) in [6.07, 6.45) is 1.46. The van der Waals surface area contributed by atoms with Gasteiger partial charge in [-0.1, -0.05) is 0 Å². The lowest BCUT2D eigenvalue weighted by atomic mass is 10.1. The molecule has 0 heterocycles. The van der Waals surface area contributed by atoms with Crippen LogP contribution in [0.2, 0.25) is 6.04 Å². The Morgan fingerprint density at radius 1 is 1.07 bits per heavy atom. The Kier molecular flexibility index (Phi) is 10.0. The van der Waals surface area contributed by atoms with Crippen LogP contribution in [0.25, 0.3) is 0 Å². The number of carbonyl (C=O) groups excluding carboxylic acids is 1. The van der Waals surface area contributed by atoms with Crippen molar-refractivity contribution in [2.45, 2.75) is 32.4 Å². The lowest BCUT2D eigenvalue weighted by Crippen LogP contribution is -2.42. The summed E-state index contributed by atoms with van der Waals surface area (Å²) in [6.45, 7) is 1.62. The molecule has 28 heavy (non-hydrogen) atoms. The predicted octanol–water partition coefficient (Wildman–Crippen LogP) is 2.70. The average molecular weight is 417 g/mol. The highest BCUT2D eigenvalue weighted by Crippen LogP contribution is 2.35. The fourth-order valence-corrected chi connectivity index (χ4v) is 4.35. The molecule has 0 aliphatic carbocycles. The van der Waals surface area contributed by atoms with Crippen LogP contribution in [-0.2, 0) is 29.4 Å². The van der Waals surface area contributed by atoms with Gasteiger partial charge in [0.25, 0.3) is 5.69 Å². The molecule has 0 aromatic heterocycles. The zero-order valence-corrected chi connectivity index (χ0v) is 17.8. The summed E-state index contributed by atoms with van der Waals surface area (Å²) in [5.74, 6) is -0.345. The molecule has 0 atom stereocenters. The van der Waals surface area contributed by atoms with Crippen molar-refractivity contribution >= 4 is 20.5 Å². The Morgan fingerprint density at radius 2 is 1.71 bits per heavy atom. The Labute approximate surface area is 165 Å². The van der Waals surface area contributed by atoms with E-state index >= 15 is 0 Å². The van der Waals surface area contributed by atoms with Crippen molar-refractivity contribution in [1.29, 1.82) is 0 Å². The number of benzene rings is 1. The van der Waals surface area contributed by atoms with Crippen molar-refractivity contribution in [3.05, 3.63) is 27.8 Å².